The maximum atomic E-state index is 12.2. The molecule has 4 heteroatoms. The van der Waals surface area contributed by atoms with Crippen molar-refractivity contribution in [3.63, 3.8) is 0 Å². The molecule has 0 aromatic carbocycles. The van der Waals surface area contributed by atoms with E-state index in [-0.39, 0.29) is 0 Å². The molecule has 0 aromatic rings. The number of nitrogens with one attached hydrogen (secondary N) is 1. The predicted molar refractivity (Wildman–Crippen MR) is 73.5 cm³/mol. The highest BCUT2D eigenvalue weighted by Crippen LogP contribution is 2.34. The number of hydrogen-bond acceptors (Lipinski definition) is 3. The minimum absolute atomic E-state index is 0.338. The van der Waals surface area contributed by atoms with Crippen LogP contribution in [0.25, 0.3) is 0 Å². The average molecular weight is 253 g/mol. The van der Waals surface area contributed by atoms with Crippen molar-refractivity contribution < 1.29 is 4.79 Å². The normalized spacial score (nSPS) is 23.4. The second-order valence-corrected chi connectivity index (χ2v) is 5.95. The number of rotatable bonds is 5. The lowest BCUT2D eigenvalue weighted by Crippen LogP contribution is -2.51. The fourth-order valence-corrected chi connectivity index (χ4v) is 2.81. The van der Waals surface area contributed by atoms with E-state index in [2.05, 4.69) is 24.1 Å². The van der Waals surface area contributed by atoms with E-state index in [1.165, 1.54) is 12.8 Å². The molecule has 1 saturated carbocycles. The number of amides is 1. The highest BCUT2D eigenvalue weighted by atomic mass is 16.2. The standard InChI is InChI=1S/C14H27N3O/c1-11(2)16-6-8-17(9-7-16)14(18)10-13(15-3)12-4-5-12/h11-13,15H,4-10H2,1-3H3. The van der Waals surface area contributed by atoms with Gasteiger partial charge in [-0.3, -0.25) is 9.69 Å². The van der Waals surface area contributed by atoms with Crippen LogP contribution in [-0.2, 0) is 4.79 Å². The van der Waals surface area contributed by atoms with Crippen molar-refractivity contribution in [1.29, 1.82) is 0 Å². The summed E-state index contributed by atoms with van der Waals surface area (Å²) in [5.74, 6) is 1.08. The molecule has 1 amide bonds. The van der Waals surface area contributed by atoms with Gasteiger partial charge in [-0.2, -0.15) is 0 Å². The molecule has 4 nitrogen and oxygen atoms in total. The number of hydrogen-bond donors (Lipinski definition) is 1. The lowest BCUT2D eigenvalue weighted by molar-refractivity contribution is -0.133. The summed E-state index contributed by atoms with van der Waals surface area (Å²) in [5.41, 5.74) is 0. The Balaban J connectivity index is 1.76. The van der Waals surface area contributed by atoms with Crippen LogP contribution in [0.1, 0.15) is 33.1 Å². The maximum Gasteiger partial charge on any atom is 0.224 e. The largest absolute Gasteiger partial charge is 0.340 e. The van der Waals surface area contributed by atoms with Crippen molar-refractivity contribution in [1.82, 2.24) is 15.1 Å². The molecule has 1 N–H and O–H groups in total. The number of carbonyl (C=O) groups excluding carboxylic acids is 1. The lowest BCUT2D eigenvalue weighted by Gasteiger charge is -2.37. The van der Waals surface area contributed by atoms with Crippen LogP contribution in [0.2, 0.25) is 0 Å². The van der Waals surface area contributed by atoms with Gasteiger partial charge in [-0.25, -0.2) is 0 Å². The summed E-state index contributed by atoms with van der Waals surface area (Å²) >= 11 is 0. The first-order valence-corrected chi connectivity index (χ1v) is 7.31. The molecule has 104 valence electrons. The SMILES string of the molecule is CNC(CC(=O)N1CCN(C(C)C)CC1)C1CC1. The van der Waals surface area contributed by atoms with Gasteiger partial charge in [0.25, 0.3) is 0 Å². The third-order valence-electron chi connectivity index (χ3n) is 4.35. The van der Waals surface area contributed by atoms with E-state index >= 15 is 0 Å². The summed E-state index contributed by atoms with van der Waals surface area (Å²) < 4.78 is 0. The highest BCUT2D eigenvalue weighted by Gasteiger charge is 2.33. The van der Waals surface area contributed by atoms with E-state index in [1.54, 1.807) is 0 Å². The van der Waals surface area contributed by atoms with Gasteiger partial charge in [0, 0.05) is 44.7 Å². The minimum Gasteiger partial charge on any atom is -0.340 e. The van der Waals surface area contributed by atoms with Crippen LogP contribution in [0, 0.1) is 5.92 Å². The van der Waals surface area contributed by atoms with Crippen molar-refractivity contribution >= 4 is 5.91 Å². The van der Waals surface area contributed by atoms with Crippen molar-refractivity contribution in [3.05, 3.63) is 0 Å². The summed E-state index contributed by atoms with van der Waals surface area (Å²) in [6, 6.07) is 0.999. The Morgan fingerprint density at radius 1 is 1.22 bits per heavy atom. The van der Waals surface area contributed by atoms with Crippen molar-refractivity contribution in [3.8, 4) is 0 Å². The van der Waals surface area contributed by atoms with Gasteiger partial charge in [0.2, 0.25) is 5.91 Å². The van der Waals surface area contributed by atoms with Crippen LogP contribution in [0.5, 0.6) is 0 Å². The summed E-state index contributed by atoms with van der Waals surface area (Å²) in [4.78, 5) is 16.7. The quantitative estimate of drug-likeness (QED) is 0.791. The van der Waals surface area contributed by atoms with Crippen LogP contribution < -0.4 is 5.32 Å². The Morgan fingerprint density at radius 3 is 2.28 bits per heavy atom. The molecule has 0 aromatic heterocycles. The van der Waals surface area contributed by atoms with Crippen LogP contribution in [0.4, 0.5) is 0 Å². The fourth-order valence-electron chi connectivity index (χ4n) is 2.81. The molecule has 2 rings (SSSR count). The zero-order valence-corrected chi connectivity index (χ0v) is 12.0. The van der Waals surface area contributed by atoms with E-state index in [9.17, 15) is 4.79 Å². The summed E-state index contributed by atoms with van der Waals surface area (Å²) in [6.07, 6.45) is 3.27. The van der Waals surface area contributed by atoms with Crippen molar-refractivity contribution in [2.24, 2.45) is 5.92 Å². The van der Waals surface area contributed by atoms with Crippen LogP contribution >= 0.6 is 0 Å². The summed E-state index contributed by atoms with van der Waals surface area (Å²) in [6.45, 7) is 8.30. The van der Waals surface area contributed by atoms with Crippen LogP contribution in [-0.4, -0.2) is 61.0 Å². The first-order valence-electron chi connectivity index (χ1n) is 7.31. The number of piperazine rings is 1. The molecule has 2 aliphatic rings. The molecule has 1 heterocycles. The molecule has 0 radical (unpaired) electrons. The van der Waals surface area contributed by atoms with Gasteiger partial charge in [-0.05, 0) is 39.7 Å². The molecule has 1 aliphatic heterocycles. The van der Waals surface area contributed by atoms with Gasteiger partial charge >= 0.3 is 0 Å². The molecule has 1 atom stereocenters. The van der Waals surface area contributed by atoms with Gasteiger partial charge in [0.15, 0.2) is 0 Å². The Morgan fingerprint density at radius 2 is 1.83 bits per heavy atom. The van der Waals surface area contributed by atoms with Crippen molar-refractivity contribution in [2.75, 3.05) is 33.2 Å². The zero-order chi connectivity index (χ0) is 13.1. The molecule has 1 saturated heterocycles. The first-order chi connectivity index (χ1) is 8.61. The van der Waals surface area contributed by atoms with Gasteiger partial charge in [0.1, 0.15) is 0 Å². The van der Waals surface area contributed by atoms with E-state index in [0.717, 1.165) is 32.1 Å². The molecule has 2 fully saturated rings. The second kappa shape index (κ2) is 6.02. The van der Waals surface area contributed by atoms with Gasteiger partial charge < -0.3 is 10.2 Å². The average Bonchev–Trinajstić information content (AvgIpc) is 3.20. The van der Waals surface area contributed by atoms with Crippen molar-refractivity contribution in [2.45, 2.75) is 45.2 Å². The minimum atomic E-state index is 0.338. The Labute approximate surface area is 111 Å². The maximum absolute atomic E-state index is 12.2. The van der Waals surface area contributed by atoms with Crippen LogP contribution in [0.3, 0.4) is 0 Å². The topological polar surface area (TPSA) is 35.6 Å². The molecule has 0 spiro atoms. The van der Waals surface area contributed by atoms with Gasteiger partial charge in [0.05, 0.1) is 0 Å². The first kappa shape index (κ1) is 13.8. The molecule has 18 heavy (non-hydrogen) atoms. The van der Waals surface area contributed by atoms with E-state index in [0.29, 0.717) is 24.4 Å². The third-order valence-corrected chi connectivity index (χ3v) is 4.35. The number of carbonyl (C=O) groups is 1. The molecule has 1 aliphatic carbocycles. The second-order valence-electron chi connectivity index (χ2n) is 5.95. The summed E-state index contributed by atoms with van der Waals surface area (Å²) in [5, 5.41) is 3.30. The van der Waals surface area contributed by atoms with Crippen LogP contribution in [0.15, 0.2) is 0 Å². The number of nitrogens with zero attached hydrogens (tertiary/aromatic N) is 2. The zero-order valence-electron chi connectivity index (χ0n) is 12.0. The Bertz CT molecular complexity index is 281. The highest BCUT2D eigenvalue weighted by molar-refractivity contribution is 5.77. The Kier molecular flexibility index (Phi) is 4.62. The lowest BCUT2D eigenvalue weighted by atomic mass is 10.1. The molecule has 1 unspecified atom stereocenters. The molecular weight excluding hydrogens is 226 g/mol. The van der Waals surface area contributed by atoms with E-state index < -0.39 is 0 Å². The third kappa shape index (κ3) is 3.45. The fraction of sp³-hybridized carbons (Fsp3) is 0.929. The molecular formula is C14H27N3O. The van der Waals surface area contributed by atoms with Gasteiger partial charge in [-0.1, -0.05) is 0 Å². The smallest absolute Gasteiger partial charge is 0.224 e. The Hall–Kier alpha value is -0.610. The van der Waals surface area contributed by atoms with E-state index in [4.69, 9.17) is 0 Å². The summed E-state index contributed by atoms with van der Waals surface area (Å²) in [7, 11) is 1.98. The van der Waals surface area contributed by atoms with E-state index in [1.807, 2.05) is 11.9 Å². The monoisotopic (exact) mass is 253 g/mol. The van der Waals surface area contributed by atoms with Gasteiger partial charge in [-0.15, -0.1) is 0 Å². The molecule has 0 bridgehead atoms. The predicted octanol–water partition coefficient (Wildman–Crippen LogP) is 0.927.